The summed E-state index contributed by atoms with van der Waals surface area (Å²) in [5.41, 5.74) is 7.14. The molecule has 1 unspecified atom stereocenters. The number of likely N-dealkylation sites (tertiary alicyclic amines) is 1. The Bertz CT molecular complexity index is 397. The third kappa shape index (κ3) is 3.02. The van der Waals surface area contributed by atoms with Crippen molar-refractivity contribution in [3.05, 3.63) is 23.7 Å². The van der Waals surface area contributed by atoms with E-state index in [0.717, 1.165) is 24.4 Å². The first kappa shape index (κ1) is 12.0. The van der Waals surface area contributed by atoms with E-state index in [1.807, 2.05) is 13.0 Å². The molecule has 0 radical (unpaired) electrons. The highest BCUT2D eigenvalue weighted by Gasteiger charge is 2.17. The molecule has 4 heteroatoms. The highest BCUT2D eigenvalue weighted by molar-refractivity contribution is 5.78. The Kier molecular flexibility index (Phi) is 3.71. The normalized spacial score (nSPS) is 21.9. The molecule has 1 atom stereocenters. The predicted octanol–water partition coefficient (Wildman–Crippen LogP) is 2.13. The van der Waals surface area contributed by atoms with Crippen LogP contribution in [0.1, 0.15) is 31.1 Å². The zero-order chi connectivity index (χ0) is 12.3. The van der Waals surface area contributed by atoms with Crippen molar-refractivity contribution in [1.82, 2.24) is 4.90 Å². The molecule has 1 aromatic heterocycles. The second kappa shape index (κ2) is 5.25. The van der Waals surface area contributed by atoms with Crippen LogP contribution in [0.3, 0.4) is 0 Å². The summed E-state index contributed by atoms with van der Waals surface area (Å²) in [5.74, 6) is 2.26. The van der Waals surface area contributed by atoms with Crippen molar-refractivity contribution < 1.29 is 4.42 Å². The number of hydrogen-bond donors (Lipinski definition) is 1. The number of aliphatic imine (C=N–C) groups is 1. The smallest absolute Gasteiger partial charge is 0.191 e. The molecule has 2 rings (SSSR count). The van der Waals surface area contributed by atoms with Crippen molar-refractivity contribution >= 4 is 5.96 Å². The minimum Gasteiger partial charge on any atom is -0.467 e. The fourth-order valence-electron chi connectivity index (χ4n) is 2.22. The largest absolute Gasteiger partial charge is 0.467 e. The monoisotopic (exact) mass is 235 g/mol. The quantitative estimate of drug-likeness (QED) is 0.631. The summed E-state index contributed by atoms with van der Waals surface area (Å²) in [4.78, 5) is 6.59. The van der Waals surface area contributed by atoms with Crippen molar-refractivity contribution in [3.8, 4) is 0 Å². The van der Waals surface area contributed by atoms with Crippen LogP contribution in [0.15, 0.2) is 21.7 Å². The molecule has 0 bridgehead atoms. The summed E-state index contributed by atoms with van der Waals surface area (Å²) < 4.78 is 5.34. The van der Waals surface area contributed by atoms with Gasteiger partial charge >= 0.3 is 0 Å². The third-order valence-electron chi connectivity index (χ3n) is 3.33. The van der Waals surface area contributed by atoms with Crippen LogP contribution < -0.4 is 5.73 Å². The van der Waals surface area contributed by atoms with Crippen LogP contribution in [0.4, 0.5) is 0 Å². The Morgan fingerprint density at radius 2 is 2.47 bits per heavy atom. The van der Waals surface area contributed by atoms with Gasteiger partial charge in [0, 0.05) is 13.1 Å². The molecule has 1 aliphatic heterocycles. The Morgan fingerprint density at radius 3 is 3.12 bits per heavy atom. The van der Waals surface area contributed by atoms with E-state index in [-0.39, 0.29) is 0 Å². The molecule has 1 aromatic rings. The molecule has 94 valence electrons. The van der Waals surface area contributed by atoms with Gasteiger partial charge in [0.25, 0.3) is 0 Å². The first-order chi connectivity index (χ1) is 8.16. The van der Waals surface area contributed by atoms with E-state index in [1.165, 1.54) is 12.8 Å². The van der Waals surface area contributed by atoms with Gasteiger partial charge in [0.2, 0.25) is 0 Å². The first-order valence-corrected chi connectivity index (χ1v) is 6.24. The lowest BCUT2D eigenvalue weighted by Gasteiger charge is -2.31. The lowest BCUT2D eigenvalue weighted by Crippen LogP contribution is -2.43. The summed E-state index contributed by atoms with van der Waals surface area (Å²) in [6.07, 6.45) is 4.19. The number of nitrogens with two attached hydrogens (primary N) is 1. The van der Waals surface area contributed by atoms with Crippen molar-refractivity contribution in [2.75, 3.05) is 13.1 Å². The Morgan fingerprint density at radius 1 is 1.65 bits per heavy atom. The molecule has 0 aliphatic carbocycles. The molecule has 0 amide bonds. The molecule has 1 saturated heterocycles. The summed E-state index contributed by atoms with van der Waals surface area (Å²) in [6.45, 7) is 6.86. The van der Waals surface area contributed by atoms with Crippen LogP contribution in [0, 0.1) is 12.8 Å². The predicted molar refractivity (Wildman–Crippen MR) is 68.7 cm³/mol. The van der Waals surface area contributed by atoms with Gasteiger partial charge in [-0.15, -0.1) is 0 Å². The number of hydrogen-bond acceptors (Lipinski definition) is 2. The van der Waals surface area contributed by atoms with Gasteiger partial charge in [-0.2, -0.15) is 0 Å². The number of guanidine groups is 1. The molecule has 17 heavy (non-hydrogen) atoms. The number of piperidine rings is 1. The zero-order valence-electron chi connectivity index (χ0n) is 10.6. The van der Waals surface area contributed by atoms with E-state index < -0.39 is 0 Å². The molecule has 2 N–H and O–H groups in total. The Balaban J connectivity index is 1.95. The third-order valence-corrected chi connectivity index (χ3v) is 3.33. The Labute approximate surface area is 102 Å². The summed E-state index contributed by atoms with van der Waals surface area (Å²) in [5, 5.41) is 0. The molecule has 0 saturated carbocycles. The minimum atomic E-state index is 0.537. The zero-order valence-corrected chi connectivity index (χ0v) is 10.6. The molecule has 0 spiro atoms. The maximum Gasteiger partial charge on any atom is 0.191 e. The summed E-state index contributed by atoms with van der Waals surface area (Å²) in [6, 6.07) is 1.95. The number of rotatable bonds is 2. The van der Waals surface area contributed by atoms with E-state index in [0.29, 0.717) is 18.4 Å². The van der Waals surface area contributed by atoms with E-state index in [1.54, 1.807) is 6.26 Å². The van der Waals surface area contributed by atoms with Crippen molar-refractivity contribution in [2.45, 2.75) is 33.2 Å². The van der Waals surface area contributed by atoms with Gasteiger partial charge in [0.05, 0.1) is 6.26 Å². The second-order valence-electron chi connectivity index (χ2n) is 4.89. The van der Waals surface area contributed by atoms with Crippen molar-refractivity contribution in [3.63, 3.8) is 0 Å². The van der Waals surface area contributed by atoms with Crippen LogP contribution in [0.5, 0.6) is 0 Å². The number of aryl methyl sites for hydroxylation is 1. The number of nitrogens with zero attached hydrogens (tertiary/aromatic N) is 2. The Hall–Kier alpha value is -1.45. The molecular formula is C13H21N3O. The van der Waals surface area contributed by atoms with Gasteiger partial charge in [0.15, 0.2) is 5.96 Å². The molecule has 1 fully saturated rings. The maximum absolute atomic E-state index is 6.01. The van der Waals surface area contributed by atoms with E-state index in [4.69, 9.17) is 10.2 Å². The van der Waals surface area contributed by atoms with Crippen molar-refractivity contribution in [1.29, 1.82) is 0 Å². The highest BCUT2D eigenvalue weighted by Crippen LogP contribution is 2.15. The molecule has 1 aliphatic rings. The fourth-order valence-corrected chi connectivity index (χ4v) is 2.22. The van der Waals surface area contributed by atoms with E-state index in [9.17, 15) is 0 Å². The van der Waals surface area contributed by atoms with Crippen LogP contribution in [0.25, 0.3) is 0 Å². The van der Waals surface area contributed by atoms with Gasteiger partial charge in [-0.25, -0.2) is 4.99 Å². The molecule has 4 nitrogen and oxygen atoms in total. The molecule has 0 aromatic carbocycles. The highest BCUT2D eigenvalue weighted by atomic mass is 16.3. The lowest BCUT2D eigenvalue weighted by atomic mass is 10.0. The summed E-state index contributed by atoms with van der Waals surface area (Å²) in [7, 11) is 0. The average molecular weight is 235 g/mol. The van der Waals surface area contributed by atoms with Crippen LogP contribution in [-0.4, -0.2) is 23.9 Å². The molecule has 2 heterocycles. The van der Waals surface area contributed by atoms with Gasteiger partial charge in [0.1, 0.15) is 12.3 Å². The van der Waals surface area contributed by atoms with Gasteiger partial charge in [-0.3, -0.25) is 0 Å². The SMILES string of the molecule is Cc1ccoc1CN=C(N)N1CCCC(C)C1. The minimum absolute atomic E-state index is 0.537. The van der Waals surface area contributed by atoms with Crippen LogP contribution >= 0.6 is 0 Å². The second-order valence-corrected chi connectivity index (χ2v) is 4.89. The standard InChI is InChI=1S/C13H21N3O/c1-10-4-3-6-16(9-10)13(14)15-8-12-11(2)5-7-17-12/h5,7,10H,3-4,6,8-9H2,1-2H3,(H2,14,15). The van der Waals surface area contributed by atoms with E-state index in [2.05, 4.69) is 16.8 Å². The van der Waals surface area contributed by atoms with E-state index >= 15 is 0 Å². The maximum atomic E-state index is 6.01. The summed E-state index contributed by atoms with van der Waals surface area (Å²) >= 11 is 0. The van der Waals surface area contributed by atoms with Crippen LogP contribution in [0.2, 0.25) is 0 Å². The van der Waals surface area contributed by atoms with Gasteiger partial charge in [-0.1, -0.05) is 6.92 Å². The number of furan rings is 1. The first-order valence-electron chi connectivity index (χ1n) is 6.24. The molecular weight excluding hydrogens is 214 g/mol. The van der Waals surface area contributed by atoms with Crippen molar-refractivity contribution in [2.24, 2.45) is 16.6 Å². The lowest BCUT2D eigenvalue weighted by molar-refractivity contribution is 0.270. The van der Waals surface area contributed by atoms with Gasteiger partial charge in [-0.05, 0) is 37.3 Å². The van der Waals surface area contributed by atoms with Gasteiger partial charge < -0.3 is 15.1 Å². The average Bonchev–Trinajstić information content (AvgIpc) is 2.72. The topological polar surface area (TPSA) is 54.8 Å². The fraction of sp³-hybridized carbons (Fsp3) is 0.615. The van der Waals surface area contributed by atoms with Crippen LogP contribution in [-0.2, 0) is 6.54 Å².